The van der Waals surface area contributed by atoms with Crippen LogP contribution in [0, 0.1) is 23.7 Å². The minimum absolute atomic E-state index is 0.0220. The maximum atomic E-state index is 14.7. The number of hydrogen-bond acceptors (Lipinski definition) is 38. The molecule has 42 nitrogen and oxygen atoms in total. The fourth-order valence-electron chi connectivity index (χ4n) is 11.1. The van der Waals surface area contributed by atoms with E-state index in [1.807, 2.05) is 13.8 Å². The van der Waals surface area contributed by atoms with Gasteiger partial charge in [0.1, 0.15) is 47.0 Å². The lowest BCUT2D eigenvalue weighted by Crippen LogP contribution is -2.41. The molecular formula is C70H102F4N8O34P2S4. The van der Waals surface area contributed by atoms with Crippen LogP contribution in [0.25, 0.3) is 0 Å². The molecule has 6 rings (SSSR count). The number of nitrogens with two attached hydrogens (primary N) is 2. The molecule has 122 heavy (non-hydrogen) atoms. The van der Waals surface area contributed by atoms with E-state index in [1.54, 1.807) is 23.5 Å². The average molecular weight is 1870 g/mol. The van der Waals surface area contributed by atoms with E-state index in [4.69, 9.17) is 39.9 Å². The molecule has 2 aromatic rings. The van der Waals surface area contributed by atoms with Crippen LogP contribution in [0.4, 0.5) is 29.2 Å². The Morgan fingerprint density at radius 3 is 1.22 bits per heavy atom. The third kappa shape index (κ3) is 36.5. The smallest absolute Gasteiger partial charge is 0.475 e. The van der Waals surface area contributed by atoms with Crippen molar-refractivity contribution in [3.8, 4) is 0 Å². The molecule has 0 spiro atoms. The number of carbonyl (C=O) groups is 12. The molecule has 2 aromatic heterocycles. The molecule has 2 aliphatic carbocycles. The van der Waals surface area contributed by atoms with Crippen LogP contribution < -0.4 is 33.5 Å². The summed E-state index contributed by atoms with van der Waals surface area (Å²) in [6, 6.07) is 2.07. The molecule has 4 heterocycles. The number of thioether (sulfide) groups is 4. The Morgan fingerprint density at radius 2 is 0.869 bits per heavy atom. The number of anilines is 2. The van der Waals surface area contributed by atoms with Crippen LogP contribution in [0.3, 0.4) is 0 Å². The minimum atomic E-state index is -5.11. The average Bonchev–Trinajstić information content (AvgIpc) is 1.62. The second-order valence-corrected chi connectivity index (χ2v) is 35.9. The normalized spacial score (nSPS) is 22.6. The Labute approximate surface area is 712 Å². The molecule has 688 valence electrons. The molecule has 0 aromatic carbocycles. The van der Waals surface area contributed by atoms with E-state index in [9.17, 15) is 124 Å². The minimum Gasteiger partial charge on any atom is -0.481 e. The molecule has 11 unspecified atom stereocenters. The van der Waals surface area contributed by atoms with Crippen molar-refractivity contribution in [1.29, 1.82) is 0 Å². The third-order valence-electron chi connectivity index (χ3n) is 18.6. The van der Waals surface area contributed by atoms with Gasteiger partial charge in [0.25, 0.3) is 0 Å². The van der Waals surface area contributed by atoms with Gasteiger partial charge in [0.15, 0.2) is 25.4 Å². The number of aliphatic hydroxyl groups excluding tert-OH is 2. The van der Waals surface area contributed by atoms with E-state index in [1.165, 1.54) is 37.4 Å². The van der Waals surface area contributed by atoms with Gasteiger partial charge in [-0.05, 0) is 64.5 Å². The van der Waals surface area contributed by atoms with Gasteiger partial charge < -0.3 is 90.2 Å². The first-order valence-corrected chi connectivity index (χ1v) is 45.3. The maximum Gasteiger partial charge on any atom is 0.475 e. The van der Waals surface area contributed by atoms with Crippen molar-refractivity contribution in [3.63, 3.8) is 0 Å². The molecule has 4 aliphatic rings. The number of nitrogen functional groups attached to an aromatic ring is 2. The van der Waals surface area contributed by atoms with Crippen LogP contribution in [0.5, 0.6) is 0 Å². The molecule has 12 N–H and O–H groups in total. The van der Waals surface area contributed by atoms with Crippen molar-refractivity contribution in [2.24, 2.45) is 23.7 Å². The number of alkyl halides is 4. The highest BCUT2D eigenvalue weighted by atomic mass is 32.2. The second-order valence-electron chi connectivity index (χ2n) is 27.9. The fraction of sp³-hybridized carbons (Fsp3) is 0.714. The first-order chi connectivity index (χ1) is 57.5. The van der Waals surface area contributed by atoms with Gasteiger partial charge in [0.2, 0.25) is 37.9 Å². The van der Waals surface area contributed by atoms with Crippen molar-refractivity contribution < 1.29 is 170 Å². The molecule has 2 saturated carbocycles. The Kier molecular flexibility index (Phi) is 45.0. The highest BCUT2D eigenvalue weighted by molar-refractivity contribution is 8.04. The number of nitrogens with zero attached hydrogens (tertiary/aromatic N) is 4. The van der Waals surface area contributed by atoms with Crippen molar-refractivity contribution in [1.82, 2.24) is 29.7 Å². The number of carboxylic acids is 2. The predicted molar refractivity (Wildman–Crippen MR) is 422 cm³/mol. The van der Waals surface area contributed by atoms with Crippen LogP contribution in [-0.4, -0.2) is 280 Å². The Hall–Kier alpha value is -7.10. The number of carboxylic acid groups (broad SMARTS) is 2. The Balaban J connectivity index is 0.000000434. The van der Waals surface area contributed by atoms with E-state index < -0.39 is 182 Å². The third-order valence-corrected chi connectivity index (χ3v) is 27.1. The summed E-state index contributed by atoms with van der Waals surface area (Å²) >= 11 is 6.20. The molecule has 0 radical (unpaired) electrons. The summed E-state index contributed by atoms with van der Waals surface area (Å²) in [6.45, 7) is 0.193. The molecule has 4 fully saturated rings. The number of halogens is 4. The number of esters is 4. The van der Waals surface area contributed by atoms with Crippen molar-refractivity contribution >= 4 is 145 Å². The quantitative estimate of drug-likeness (QED) is 0.0114. The molecule has 2 saturated heterocycles. The zero-order valence-corrected chi connectivity index (χ0v) is 71.8. The topological polar surface area (TPSA) is 617 Å². The summed E-state index contributed by atoms with van der Waals surface area (Å²) in [6.07, 6.45) is -7.86. The van der Waals surface area contributed by atoms with Crippen LogP contribution in [-0.2, 0) is 123 Å². The van der Waals surface area contributed by atoms with Gasteiger partial charge in [-0.25, -0.2) is 37.4 Å². The largest absolute Gasteiger partial charge is 0.481 e. The zero-order valence-electron chi connectivity index (χ0n) is 66.7. The summed E-state index contributed by atoms with van der Waals surface area (Å²) in [5.41, 5.74) is 8.27. The number of phosphoric ester groups is 2. The fourth-order valence-corrected chi connectivity index (χ4v) is 19.0. The van der Waals surface area contributed by atoms with Crippen LogP contribution >= 0.6 is 62.7 Å². The molecule has 0 bridgehead atoms. The van der Waals surface area contributed by atoms with Crippen LogP contribution in [0.15, 0.2) is 34.1 Å². The number of nitrogens with one attached hydrogen (secondary N) is 2. The molecule has 52 heteroatoms. The van der Waals surface area contributed by atoms with Crippen molar-refractivity contribution in [2.45, 2.75) is 187 Å². The van der Waals surface area contributed by atoms with E-state index in [2.05, 4.69) is 48.2 Å². The number of Topliss-reactive ketones (excluding diaryl/α,β-unsaturated/α-hetero) is 4. The number of phosphoric acid groups is 2. The standard InChI is InChI=1S/2C35H51F2N4O17PS2/c1-3-21(32(48)49)17-60-25-4-5-26(25)61-18-22(14-23(43)9-13-53-12-8-20(2)42)31(47)39-10-6-28(44)54-16-29(45)55-19-57-59(51,52)56-15-24-30(46)35(36,37)33(58-24)41-11-7-27(38)40-34(41)50;1-3-21(17-60-25-4-5-26(25)61-18-22(32(48)49)14-23(43)9-13-53-12-8-20(2)42)31(47)39-10-6-28(44)54-16-29(45)55-19-57-59(51,52)56-15-24-30(46)35(36,37)33(58-24)41-11-7-27(38)40-34(41)50/h2*7,11,21-22,24-26,30,33,46H,3-6,8-10,12-19H2,1-2H3,(H,39,47)(H,48,49)(H,51,52)(H2,38,40,50)/t21?,22?,24-,25?,26?,30-,33-;21?,22?,24?,25?,26?,30-,33-/m11/s1. The van der Waals surface area contributed by atoms with E-state index in [0.717, 1.165) is 50.2 Å². The lowest BCUT2D eigenvalue weighted by atomic mass is 9.99. The Morgan fingerprint density at radius 1 is 0.525 bits per heavy atom. The number of ether oxygens (including phenoxy) is 8. The van der Waals surface area contributed by atoms with E-state index in [-0.39, 0.29) is 164 Å². The molecule has 2 aliphatic heterocycles. The number of rotatable bonds is 58. The van der Waals surface area contributed by atoms with Gasteiger partial charge in [0.05, 0.1) is 70.2 Å². The number of carbonyl (C=O) groups excluding carboxylic acids is 10. The van der Waals surface area contributed by atoms with E-state index in [0.29, 0.717) is 33.5 Å². The molecule has 2 amide bonds. The monoisotopic (exact) mass is 1860 g/mol. The van der Waals surface area contributed by atoms with Gasteiger partial charge in [-0.1, -0.05) is 13.8 Å². The molecular weight excluding hydrogens is 1760 g/mol. The van der Waals surface area contributed by atoms with Gasteiger partial charge in [-0.15, -0.1) is 0 Å². The number of aliphatic carboxylic acids is 2. The summed E-state index contributed by atoms with van der Waals surface area (Å²) in [5.74, 6) is -17.1. The number of amides is 2. The van der Waals surface area contributed by atoms with Crippen LogP contribution in [0.2, 0.25) is 0 Å². The highest BCUT2D eigenvalue weighted by Crippen LogP contribution is 2.50. The summed E-state index contributed by atoms with van der Waals surface area (Å²) in [7, 11) is -10.2. The number of ketones is 4. The first-order valence-electron chi connectivity index (χ1n) is 38.1. The van der Waals surface area contributed by atoms with Crippen molar-refractivity contribution in [2.75, 3.05) is 114 Å². The lowest BCUT2D eigenvalue weighted by Gasteiger charge is -2.36. The number of aliphatic hydroxyl groups is 2. The maximum absolute atomic E-state index is 14.7. The number of aromatic nitrogens is 4. The van der Waals surface area contributed by atoms with E-state index >= 15 is 0 Å². The van der Waals surface area contributed by atoms with Gasteiger partial charge in [-0.3, -0.25) is 66.1 Å². The van der Waals surface area contributed by atoms with Crippen molar-refractivity contribution in [3.05, 3.63) is 45.5 Å². The summed E-state index contributed by atoms with van der Waals surface area (Å²) < 4.78 is 141. The molecule has 16 atom stereocenters. The van der Waals surface area contributed by atoms with Gasteiger partial charge >= 0.3 is 74.7 Å². The SMILES string of the molecule is CCC(CSC1CCC1SCC(CC(=O)CCOCCC(C)=O)C(=O)NCCC(=O)OCC(=O)OCOP(=O)(O)OC[C@H]1O[C@@H](n2ccc(N)nc2=O)C(F)(F)[C@@H]1O)C(=O)O.CCC(CSC1CCC1SCC(CC(=O)CCOCCC(C)=O)C(=O)O)C(=O)NCCC(=O)OCC(=O)OCOP(=O)(O)OCC1O[C@@H](n2ccc(N)nc2=O)C(F)(F)[C@@H]1O. The Bertz CT molecular complexity index is 4090. The van der Waals surface area contributed by atoms with Crippen LogP contribution in [0.1, 0.15) is 130 Å². The summed E-state index contributed by atoms with van der Waals surface area (Å²) in [5, 5.41) is 45.0. The lowest BCUT2D eigenvalue weighted by molar-refractivity contribution is -0.163. The van der Waals surface area contributed by atoms with Gasteiger partial charge in [-0.2, -0.15) is 74.6 Å². The zero-order chi connectivity index (χ0) is 90.7. The van der Waals surface area contributed by atoms with Gasteiger partial charge in [0, 0.05) is 114 Å². The predicted octanol–water partition coefficient (Wildman–Crippen LogP) is 2.94. The summed E-state index contributed by atoms with van der Waals surface area (Å²) in [4.78, 5) is 195. The number of hydrogen-bond donors (Lipinski definition) is 10. The highest BCUT2D eigenvalue weighted by Gasteiger charge is 2.61. The second kappa shape index (κ2) is 52.1. The first kappa shape index (κ1) is 105.